The highest BCUT2D eigenvalue weighted by Crippen LogP contribution is 2.19. The van der Waals surface area contributed by atoms with Gasteiger partial charge in [0.25, 0.3) is 0 Å². The standard InChI is InChI=1S/C13H23NO2/c1-5-7-14-13(9-16-10(2)3)12-6-8-15-11(12)4/h6,8,10,13-14H,5,7,9H2,1-4H3. The summed E-state index contributed by atoms with van der Waals surface area (Å²) in [7, 11) is 0. The van der Waals surface area contributed by atoms with E-state index in [1.807, 2.05) is 13.0 Å². The van der Waals surface area contributed by atoms with Gasteiger partial charge in [-0.15, -0.1) is 0 Å². The molecule has 3 heteroatoms. The molecule has 0 aliphatic heterocycles. The molecule has 0 saturated carbocycles. The third-order valence-electron chi connectivity index (χ3n) is 2.51. The number of nitrogens with one attached hydrogen (secondary N) is 1. The van der Waals surface area contributed by atoms with Gasteiger partial charge in [0.2, 0.25) is 0 Å². The molecule has 92 valence electrons. The van der Waals surface area contributed by atoms with E-state index in [4.69, 9.17) is 9.15 Å². The topological polar surface area (TPSA) is 34.4 Å². The number of ether oxygens (including phenoxy) is 1. The number of aryl methyl sites for hydroxylation is 1. The van der Waals surface area contributed by atoms with Crippen LogP contribution in [0.15, 0.2) is 16.7 Å². The van der Waals surface area contributed by atoms with Crippen molar-refractivity contribution in [2.24, 2.45) is 0 Å². The zero-order valence-corrected chi connectivity index (χ0v) is 10.7. The minimum absolute atomic E-state index is 0.237. The fraction of sp³-hybridized carbons (Fsp3) is 0.692. The lowest BCUT2D eigenvalue weighted by Crippen LogP contribution is -2.27. The Morgan fingerprint density at radius 2 is 2.19 bits per heavy atom. The number of hydrogen-bond donors (Lipinski definition) is 1. The van der Waals surface area contributed by atoms with E-state index in [1.54, 1.807) is 6.26 Å². The summed E-state index contributed by atoms with van der Waals surface area (Å²) in [6, 6.07) is 2.26. The van der Waals surface area contributed by atoms with Crippen molar-refractivity contribution in [3.63, 3.8) is 0 Å². The van der Waals surface area contributed by atoms with Crippen LogP contribution in [0.1, 0.15) is 44.6 Å². The van der Waals surface area contributed by atoms with Crippen molar-refractivity contribution < 1.29 is 9.15 Å². The predicted octanol–water partition coefficient (Wildman–Crippen LogP) is 3.05. The summed E-state index contributed by atoms with van der Waals surface area (Å²) in [5, 5.41) is 3.48. The number of rotatable bonds is 7. The van der Waals surface area contributed by atoms with Gasteiger partial charge in [0.1, 0.15) is 5.76 Å². The summed E-state index contributed by atoms with van der Waals surface area (Å²) in [5.41, 5.74) is 1.20. The van der Waals surface area contributed by atoms with Crippen molar-refractivity contribution in [1.29, 1.82) is 0 Å². The fourth-order valence-corrected chi connectivity index (χ4v) is 1.62. The van der Waals surface area contributed by atoms with Crippen LogP contribution in [-0.4, -0.2) is 19.3 Å². The monoisotopic (exact) mass is 225 g/mol. The second-order valence-corrected chi connectivity index (χ2v) is 4.32. The quantitative estimate of drug-likeness (QED) is 0.774. The first-order valence-electron chi connectivity index (χ1n) is 6.04. The van der Waals surface area contributed by atoms with Crippen LogP contribution in [0.4, 0.5) is 0 Å². The van der Waals surface area contributed by atoms with Gasteiger partial charge in [-0.3, -0.25) is 0 Å². The summed E-state index contributed by atoms with van der Waals surface area (Å²) in [6.07, 6.45) is 3.12. The van der Waals surface area contributed by atoms with Crippen molar-refractivity contribution in [1.82, 2.24) is 5.32 Å². The van der Waals surface area contributed by atoms with Crippen LogP contribution < -0.4 is 5.32 Å². The SMILES string of the molecule is CCCNC(COC(C)C)c1ccoc1C. The molecule has 0 aliphatic carbocycles. The van der Waals surface area contributed by atoms with E-state index in [9.17, 15) is 0 Å². The highest BCUT2D eigenvalue weighted by atomic mass is 16.5. The number of furan rings is 1. The van der Waals surface area contributed by atoms with Gasteiger partial charge in [-0.25, -0.2) is 0 Å². The lowest BCUT2D eigenvalue weighted by Gasteiger charge is -2.19. The Balaban J connectivity index is 2.60. The van der Waals surface area contributed by atoms with Crippen molar-refractivity contribution in [2.75, 3.05) is 13.2 Å². The molecule has 1 rings (SSSR count). The van der Waals surface area contributed by atoms with Crippen molar-refractivity contribution in [3.8, 4) is 0 Å². The Labute approximate surface area is 98.2 Å². The van der Waals surface area contributed by atoms with Crippen molar-refractivity contribution in [2.45, 2.75) is 46.3 Å². The normalized spacial score (nSPS) is 13.3. The third-order valence-corrected chi connectivity index (χ3v) is 2.51. The largest absolute Gasteiger partial charge is 0.469 e. The van der Waals surface area contributed by atoms with E-state index in [-0.39, 0.29) is 12.1 Å². The Hall–Kier alpha value is -0.800. The minimum atomic E-state index is 0.237. The molecule has 1 heterocycles. The van der Waals surface area contributed by atoms with E-state index in [2.05, 4.69) is 26.1 Å². The molecule has 3 nitrogen and oxygen atoms in total. The molecule has 1 N–H and O–H groups in total. The molecular formula is C13H23NO2. The highest BCUT2D eigenvalue weighted by molar-refractivity contribution is 5.20. The molecule has 0 radical (unpaired) electrons. The lowest BCUT2D eigenvalue weighted by atomic mass is 10.1. The summed E-state index contributed by atoms with van der Waals surface area (Å²) < 4.78 is 11.0. The van der Waals surface area contributed by atoms with E-state index in [1.165, 1.54) is 5.56 Å². The first kappa shape index (κ1) is 13.3. The second kappa shape index (κ2) is 6.71. The molecule has 1 atom stereocenters. The average Bonchev–Trinajstić information content (AvgIpc) is 2.65. The summed E-state index contributed by atoms with van der Waals surface area (Å²) in [5.74, 6) is 0.973. The molecule has 0 aliphatic rings. The fourth-order valence-electron chi connectivity index (χ4n) is 1.62. The summed E-state index contributed by atoms with van der Waals surface area (Å²) in [4.78, 5) is 0. The lowest BCUT2D eigenvalue weighted by molar-refractivity contribution is 0.0608. The molecule has 1 unspecified atom stereocenters. The summed E-state index contributed by atoms with van der Waals surface area (Å²) >= 11 is 0. The van der Waals surface area contributed by atoms with Crippen molar-refractivity contribution >= 4 is 0 Å². The van der Waals surface area contributed by atoms with Crippen LogP contribution in [0.5, 0.6) is 0 Å². The molecule has 0 bridgehead atoms. The van der Waals surface area contributed by atoms with Gasteiger partial charge in [-0.1, -0.05) is 6.92 Å². The molecule has 0 saturated heterocycles. The Morgan fingerprint density at radius 3 is 2.69 bits per heavy atom. The molecule has 0 aromatic carbocycles. The molecule has 1 aromatic rings. The van der Waals surface area contributed by atoms with E-state index < -0.39 is 0 Å². The van der Waals surface area contributed by atoms with Crippen LogP contribution in [-0.2, 0) is 4.74 Å². The minimum Gasteiger partial charge on any atom is -0.469 e. The smallest absolute Gasteiger partial charge is 0.105 e. The molecule has 16 heavy (non-hydrogen) atoms. The molecule has 0 amide bonds. The van der Waals surface area contributed by atoms with Gasteiger partial charge in [-0.05, 0) is 39.8 Å². The number of hydrogen-bond acceptors (Lipinski definition) is 3. The van der Waals surface area contributed by atoms with Crippen LogP contribution in [0, 0.1) is 6.92 Å². The summed E-state index contributed by atoms with van der Waals surface area (Å²) in [6.45, 7) is 9.95. The van der Waals surface area contributed by atoms with Gasteiger partial charge in [0, 0.05) is 5.56 Å². The van der Waals surface area contributed by atoms with Crippen LogP contribution in [0.2, 0.25) is 0 Å². The Morgan fingerprint density at radius 1 is 1.44 bits per heavy atom. The first-order chi connectivity index (χ1) is 7.65. The van der Waals surface area contributed by atoms with Gasteiger partial charge >= 0.3 is 0 Å². The van der Waals surface area contributed by atoms with Crippen LogP contribution >= 0.6 is 0 Å². The maximum Gasteiger partial charge on any atom is 0.105 e. The van der Waals surface area contributed by atoms with E-state index >= 15 is 0 Å². The zero-order valence-electron chi connectivity index (χ0n) is 10.7. The Bertz CT molecular complexity index is 294. The zero-order chi connectivity index (χ0) is 12.0. The van der Waals surface area contributed by atoms with Gasteiger partial charge in [-0.2, -0.15) is 0 Å². The van der Waals surface area contributed by atoms with Crippen molar-refractivity contribution in [3.05, 3.63) is 23.7 Å². The highest BCUT2D eigenvalue weighted by Gasteiger charge is 2.15. The van der Waals surface area contributed by atoms with E-state index in [0.717, 1.165) is 18.7 Å². The second-order valence-electron chi connectivity index (χ2n) is 4.32. The van der Waals surface area contributed by atoms with Crippen LogP contribution in [0.25, 0.3) is 0 Å². The molecule has 0 fully saturated rings. The maximum atomic E-state index is 5.68. The first-order valence-corrected chi connectivity index (χ1v) is 6.04. The average molecular weight is 225 g/mol. The van der Waals surface area contributed by atoms with Gasteiger partial charge < -0.3 is 14.5 Å². The molecule has 0 spiro atoms. The van der Waals surface area contributed by atoms with Gasteiger partial charge in [0.15, 0.2) is 0 Å². The third kappa shape index (κ3) is 3.99. The van der Waals surface area contributed by atoms with E-state index in [0.29, 0.717) is 6.61 Å². The predicted molar refractivity (Wildman–Crippen MR) is 65.6 cm³/mol. The molecular weight excluding hydrogens is 202 g/mol. The molecule has 1 aromatic heterocycles. The van der Waals surface area contributed by atoms with Gasteiger partial charge in [0.05, 0.1) is 25.0 Å². The Kier molecular flexibility index (Phi) is 5.56. The van der Waals surface area contributed by atoms with Crippen LogP contribution in [0.3, 0.4) is 0 Å². The maximum absolute atomic E-state index is 5.68.